The number of nitrogens with one attached hydrogen (secondary N) is 2. The molecule has 3 aromatic heterocycles. The third kappa shape index (κ3) is 4.52. The Kier molecular flexibility index (Phi) is 6.82. The molecule has 0 amide bonds. The number of aryl methyl sites for hydroxylation is 1. The van der Waals surface area contributed by atoms with Crippen LogP contribution in [0.4, 0.5) is 11.8 Å². The largest absolute Gasteiger partial charge is 0.396 e. The van der Waals surface area contributed by atoms with E-state index < -0.39 is 24.2 Å². The molecule has 0 bridgehead atoms. The Morgan fingerprint density at radius 1 is 1.25 bits per heavy atom. The van der Waals surface area contributed by atoms with Crippen molar-refractivity contribution in [3.05, 3.63) is 24.2 Å². The van der Waals surface area contributed by atoms with Crippen molar-refractivity contribution in [2.45, 2.75) is 44.6 Å². The lowest BCUT2D eigenvalue weighted by atomic mass is 10.1. The minimum atomic E-state index is -1.03. The molecular weight excluding hydrogens is 432 g/mol. The molecule has 1 unspecified atom stereocenters. The Morgan fingerprint density at radius 3 is 2.75 bits per heavy atom. The van der Waals surface area contributed by atoms with E-state index in [1.807, 2.05) is 19.9 Å². The summed E-state index contributed by atoms with van der Waals surface area (Å²) in [5.41, 5.74) is 2.23. The number of fused-ring (bicyclic) bond motifs is 1. The molecule has 10 nitrogen and oxygen atoms in total. The fourth-order valence-electron chi connectivity index (χ4n) is 4.02. The zero-order valence-electron chi connectivity index (χ0n) is 18.2. The van der Waals surface area contributed by atoms with Crippen molar-refractivity contribution in [3.8, 4) is 10.6 Å². The Bertz CT molecular complexity index is 1050. The number of thiazole rings is 1. The van der Waals surface area contributed by atoms with Gasteiger partial charge in [0.05, 0.1) is 40.9 Å². The van der Waals surface area contributed by atoms with Crippen LogP contribution in [0.3, 0.4) is 0 Å². The average molecular weight is 461 g/mol. The van der Waals surface area contributed by atoms with E-state index in [4.69, 9.17) is 9.72 Å². The van der Waals surface area contributed by atoms with Crippen molar-refractivity contribution in [2.24, 2.45) is 5.92 Å². The van der Waals surface area contributed by atoms with Crippen molar-refractivity contribution < 1.29 is 20.1 Å². The molecule has 32 heavy (non-hydrogen) atoms. The molecule has 0 spiro atoms. The fourth-order valence-corrected chi connectivity index (χ4v) is 5.05. The number of aliphatic hydroxyl groups excluding tert-OH is 3. The van der Waals surface area contributed by atoms with Crippen molar-refractivity contribution in [3.63, 3.8) is 0 Å². The molecule has 0 aromatic carbocycles. The number of anilines is 2. The van der Waals surface area contributed by atoms with Crippen LogP contribution in [0.15, 0.2) is 18.5 Å². The highest BCUT2D eigenvalue weighted by molar-refractivity contribution is 7.21. The summed E-state index contributed by atoms with van der Waals surface area (Å²) in [6.45, 7) is 4.14. The van der Waals surface area contributed by atoms with Gasteiger partial charge in [0.15, 0.2) is 0 Å². The van der Waals surface area contributed by atoms with Gasteiger partial charge in [0.2, 0.25) is 5.95 Å². The second-order valence-electron chi connectivity index (χ2n) is 8.13. The minimum absolute atomic E-state index is 0.00992. The minimum Gasteiger partial charge on any atom is -0.396 e. The zero-order chi connectivity index (χ0) is 22.8. The third-order valence-corrected chi connectivity index (χ3v) is 6.70. The molecule has 5 N–H and O–H groups in total. The molecule has 0 aliphatic heterocycles. The Morgan fingerprint density at radius 2 is 2.06 bits per heavy atom. The maximum atomic E-state index is 10.5. The lowest BCUT2D eigenvalue weighted by Gasteiger charge is -2.22. The van der Waals surface area contributed by atoms with Crippen LogP contribution in [0.25, 0.3) is 20.8 Å². The number of ether oxygens (including phenoxy) is 1. The van der Waals surface area contributed by atoms with Gasteiger partial charge in [-0.3, -0.25) is 4.98 Å². The van der Waals surface area contributed by atoms with Gasteiger partial charge in [-0.25, -0.2) is 9.97 Å². The molecule has 3 heterocycles. The van der Waals surface area contributed by atoms with Gasteiger partial charge in [-0.15, -0.1) is 11.3 Å². The van der Waals surface area contributed by atoms with Crippen LogP contribution in [0, 0.1) is 12.8 Å². The van der Waals surface area contributed by atoms with Crippen LogP contribution in [-0.2, 0) is 4.74 Å². The van der Waals surface area contributed by atoms with E-state index in [1.165, 1.54) is 11.3 Å². The van der Waals surface area contributed by atoms with Crippen LogP contribution < -0.4 is 10.6 Å². The van der Waals surface area contributed by atoms with E-state index in [1.54, 1.807) is 19.5 Å². The molecule has 3 aromatic rings. The van der Waals surface area contributed by atoms with Gasteiger partial charge >= 0.3 is 0 Å². The summed E-state index contributed by atoms with van der Waals surface area (Å²) < 4.78 is 6.18. The molecule has 172 valence electrons. The number of methoxy groups -OCH3 is 1. The topological polar surface area (TPSA) is 146 Å². The van der Waals surface area contributed by atoms with Gasteiger partial charge < -0.3 is 30.7 Å². The van der Waals surface area contributed by atoms with Gasteiger partial charge in [0.1, 0.15) is 22.4 Å². The number of nitrogens with zero attached hydrogens (tertiary/aromatic N) is 4. The molecule has 0 saturated heterocycles. The second kappa shape index (κ2) is 9.59. The summed E-state index contributed by atoms with van der Waals surface area (Å²) >= 11 is 1.51. The third-order valence-electron chi connectivity index (χ3n) is 5.64. The van der Waals surface area contributed by atoms with Gasteiger partial charge in [-0.2, -0.15) is 4.98 Å². The Hall–Kier alpha value is -2.44. The smallest absolute Gasteiger partial charge is 0.225 e. The standard InChI is InChI=1S/C21H28N6O4S/c1-10(9-31-3)23-21-24-11(2)16(20-26-14-7-22-5-4-15(14)32-20)19(27-21)25-13-6-12(8-28)17(29)18(13)30/h4-5,7,10,12-13,17-18,28-30H,6,8-9H2,1-3H3,(H2,23,24,25,27)/t10-,12-,13?,17-,18+/m1/s1. The second-order valence-corrected chi connectivity index (χ2v) is 9.16. The molecule has 1 aliphatic rings. The molecule has 4 rings (SSSR count). The van der Waals surface area contributed by atoms with Crippen LogP contribution in [0.1, 0.15) is 19.0 Å². The molecule has 1 saturated carbocycles. The van der Waals surface area contributed by atoms with Gasteiger partial charge in [0, 0.05) is 31.9 Å². The SMILES string of the molecule is COC[C@@H](C)Nc1nc(C)c(-c2nc3cnccc3s2)c(NC2C[C@H](CO)[C@@H](O)[C@H]2O)n1. The van der Waals surface area contributed by atoms with Crippen molar-refractivity contribution in [1.29, 1.82) is 0 Å². The number of aliphatic hydroxyl groups is 3. The fraction of sp³-hybridized carbons (Fsp3) is 0.524. The first-order chi connectivity index (χ1) is 15.4. The number of hydrogen-bond acceptors (Lipinski definition) is 11. The van der Waals surface area contributed by atoms with E-state index in [0.717, 1.165) is 20.8 Å². The first-order valence-electron chi connectivity index (χ1n) is 10.5. The first-order valence-corrected chi connectivity index (χ1v) is 11.3. The molecule has 1 aliphatic carbocycles. The summed E-state index contributed by atoms with van der Waals surface area (Å²) in [5, 5.41) is 37.6. The van der Waals surface area contributed by atoms with Crippen molar-refractivity contribution in [1.82, 2.24) is 19.9 Å². The zero-order valence-corrected chi connectivity index (χ0v) is 19.0. The quantitative estimate of drug-likeness (QED) is 0.334. The number of hydrogen-bond donors (Lipinski definition) is 5. The van der Waals surface area contributed by atoms with Gasteiger partial charge in [0.25, 0.3) is 0 Å². The number of pyridine rings is 1. The normalized spacial score (nSPS) is 24.1. The van der Waals surface area contributed by atoms with Crippen molar-refractivity contribution >= 4 is 33.3 Å². The van der Waals surface area contributed by atoms with Gasteiger partial charge in [-0.1, -0.05) is 0 Å². The molecule has 1 fully saturated rings. The maximum Gasteiger partial charge on any atom is 0.225 e. The number of aromatic nitrogens is 4. The van der Waals surface area contributed by atoms with Crippen LogP contribution >= 0.6 is 11.3 Å². The number of rotatable bonds is 8. The molecule has 5 atom stereocenters. The summed E-state index contributed by atoms with van der Waals surface area (Å²) in [6, 6.07) is 1.42. The highest BCUT2D eigenvalue weighted by Crippen LogP contribution is 2.37. The highest BCUT2D eigenvalue weighted by atomic mass is 32.1. The van der Waals surface area contributed by atoms with Crippen molar-refractivity contribution in [2.75, 3.05) is 31.0 Å². The van der Waals surface area contributed by atoms with E-state index in [9.17, 15) is 15.3 Å². The van der Waals surface area contributed by atoms with Crippen LogP contribution in [-0.4, -0.2) is 79.9 Å². The summed E-state index contributed by atoms with van der Waals surface area (Å²) in [7, 11) is 1.63. The molecule has 0 radical (unpaired) electrons. The van der Waals surface area contributed by atoms with E-state index in [2.05, 4.69) is 25.6 Å². The van der Waals surface area contributed by atoms with Crippen LogP contribution in [0.2, 0.25) is 0 Å². The first kappa shape index (κ1) is 22.7. The van der Waals surface area contributed by atoms with E-state index >= 15 is 0 Å². The van der Waals surface area contributed by atoms with Gasteiger partial charge in [-0.05, 0) is 26.3 Å². The predicted octanol–water partition coefficient (Wildman–Crippen LogP) is 1.42. The predicted molar refractivity (Wildman–Crippen MR) is 123 cm³/mol. The highest BCUT2D eigenvalue weighted by Gasteiger charge is 2.41. The average Bonchev–Trinajstić information content (AvgIpc) is 3.29. The lowest BCUT2D eigenvalue weighted by Crippen LogP contribution is -2.36. The molecular formula is C21H28N6O4S. The maximum absolute atomic E-state index is 10.5. The summed E-state index contributed by atoms with van der Waals surface area (Å²) in [5.74, 6) is 0.529. The van der Waals surface area contributed by atoms with E-state index in [-0.39, 0.29) is 12.6 Å². The Labute approximate surface area is 189 Å². The van der Waals surface area contributed by atoms with Crippen LogP contribution in [0.5, 0.6) is 0 Å². The molecule has 11 heteroatoms. The summed E-state index contributed by atoms with van der Waals surface area (Å²) in [6.07, 6.45) is 1.82. The monoisotopic (exact) mass is 460 g/mol. The van der Waals surface area contributed by atoms with E-state index in [0.29, 0.717) is 30.5 Å². The Balaban J connectivity index is 1.74. The lowest BCUT2D eigenvalue weighted by molar-refractivity contribution is 0.00446. The summed E-state index contributed by atoms with van der Waals surface area (Å²) in [4.78, 5) is 18.2.